The molecule has 7 unspecified atom stereocenters. The fraction of sp³-hybridized carbons (Fsp3) is 0.750. The van der Waals surface area contributed by atoms with Crippen LogP contribution in [0.3, 0.4) is 0 Å². The van der Waals surface area contributed by atoms with Gasteiger partial charge >= 0.3 is 5.97 Å². The Bertz CT molecular complexity index is 1220. The van der Waals surface area contributed by atoms with E-state index in [0.717, 1.165) is 37.7 Å². The predicted octanol–water partition coefficient (Wildman–Crippen LogP) is 5.49. The molecule has 0 saturated heterocycles. The van der Waals surface area contributed by atoms with Gasteiger partial charge in [-0.3, -0.25) is 14.4 Å². The second-order valence-corrected chi connectivity index (χ2v) is 14.9. The first-order valence-corrected chi connectivity index (χ1v) is 14.3. The van der Waals surface area contributed by atoms with Gasteiger partial charge in [-0.15, -0.1) is 0 Å². The summed E-state index contributed by atoms with van der Waals surface area (Å²) in [4.78, 5) is 39.3. The molecule has 0 aromatic heterocycles. The summed E-state index contributed by atoms with van der Waals surface area (Å²) in [5, 5.41) is 22.5. The van der Waals surface area contributed by atoms with E-state index in [-0.39, 0.29) is 52.9 Å². The molecule has 38 heavy (non-hydrogen) atoms. The van der Waals surface area contributed by atoms with Crippen molar-refractivity contribution in [2.75, 3.05) is 6.61 Å². The Morgan fingerprint density at radius 1 is 1.03 bits per heavy atom. The summed E-state index contributed by atoms with van der Waals surface area (Å²) in [7, 11) is 0. The molecule has 0 spiro atoms. The average Bonchev–Trinajstić information content (AvgIpc) is 2.82. The molecule has 6 heteroatoms. The summed E-state index contributed by atoms with van der Waals surface area (Å²) in [6.45, 7) is 14.2. The number of nitrogens with zero attached hydrogens (tertiary/aromatic N) is 1. The zero-order valence-electron chi connectivity index (χ0n) is 24.1. The Morgan fingerprint density at radius 2 is 1.68 bits per heavy atom. The molecule has 6 nitrogen and oxygen atoms in total. The number of ether oxygens (including phenoxy) is 1. The zero-order valence-corrected chi connectivity index (χ0v) is 24.1. The molecule has 0 bridgehead atoms. The average molecular weight is 522 g/mol. The third-order valence-corrected chi connectivity index (χ3v) is 11.9. The van der Waals surface area contributed by atoms with E-state index in [0.29, 0.717) is 12.8 Å². The van der Waals surface area contributed by atoms with Gasteiger partial charge in [-0.2, -0.15) is 5.26 Å². The third kappa shape index (κ3) is 3.43. The lowest BCUT2D eigenvalue weighted by Crippen LogP contribution is -2.70. The zero-order chi connectivity index (χ0) is 28.1. The summed E-state index contributed by atoms with van der Waals surface area (Å²) in [5.74, 6) is -1.32. The van der Waals surface area contributed by atoms with Crippen molar-refractivity contribution in [1.82, 2.24) is 0 Å². The number of hydrogen-bond donors (Lipinski definition) is 1. The highest BCUT2D eigenvalue weighted by Gasteiger charge is 2.71. The van der Waals surface area contributed by atoms with Gasteiger partial charge in [0.1, 0.15) is 11.7 Å². The van der Waals surface area contributed by atoms with Crippen LogP contribution < -0.4 is 0 Å². The van der Waals surface area contributed by atoms with Crippen molar-refractivity contribution in [1.29, 1.82) is 5.26 Å². The minimum atomic E-state index is -1.54. The lowest BCUT2D eigenvalue weighted by Gasteiger charge is -2.67. The summed E-state index contributed by atoms with van der Waals surface area (Å²) in [6.07, 6.45) is 9.03. The number of Topliss-reactive ketones (excluding diaryl/α,β-unsaturated/α-hetero) is 1. The lowest BCUT2D eigenvalue weighted by atomic mass is 9.37. The molecule has 206 valence electrons. The van der Waals surface area contributed by atoms with Crippen LogP contribution in [0.1, 0.15) is 93.4 Å². The van der Waals surface area contributed by atoms with Gasteiger partial charge in [-0.25, -0.2) is 0 Å². The Labute approximate surface area is 226 Å². The third-order valence-electron chi connectivity index (χ3n) is 11.9. The number of hydrogen-bond acceptors (Lipinski definition) is 6. The Balaban J connectivity index is 1.67. The summed E-state index contributed by atoms with van der Waals surface area (Å²) < 4.78 is 5.60. The normalized spacial score (nSPS) is 44.8. The van der Waals surface area contributed by atoms with Crippen LogP contribution in [0.15, 0.2) is 23.3 Å². The number of carbonyl (C=O) groups excluding carboxylic acids is 3. The number of fused-ring (bicyclic) bond motifs is 7. The van der Waals surface area contributed by atoms with Crippen molar-refractivity contribution in [2.24, 2.45) is 44.8 Å². The van der Waals surface area contributed by atoms with Crippen LogP contribution in [0.2, 0.25) is 0 Å². The van der Waals surface area contributed by atoms with Gasteiger partial charge in [0.25, 0.3) is 0 Å². The summed E-state index contributed by atoms with van der Waals surface area (Å²) in [5.41, 5.74) is -2.64. The maximum absolute atomic E-state index is 14.3. The van der Waals surface area contributed by atoms with Crippen molar-refractivity contribution < 1.29 is 24.2 Å². The van der Waals surface area contributed by atoms with Gasteiger partial charge in [0.05, 0.1) is 12.2 Å². The van der Waals surface area contributed by atoms with E-state index in [2.05, 4.69) is 33.8 Å². The van der Waals surface area contributed by atoms with Gasteiger partial charge in [0.15, 0.2) is 11.6 Å². The van der Waals surface area contributed by atoms with Crippen LogP contribution in [-0.2, 0) is 19.1 Å². The number of rotatable bonds is 2. The summed E-state index contributed by atoms with van der Waals surface area (Å²) in [6, 6.07) is 2.13. The summed E-state index contributed by atoms with van der Waals surface area (Å²) >= 11 is 0. The Hall–Kier alpha value is -2.26. The van der Waals surface area contributed by atoms with Crippen molar-refractivity contribution in [2.45, 2.75) is 99.0 Å². The van der Waals surface area contributed by atoms with E-state index in [1.165, 1.54) is 6.92 Å². The molecule has 5 rings (SSSR count). The Kier molecular flexibility index (Phi) is 5.84. The van der Waals surface area contributed by atoms with Gasteiger partial charge < -0.3 is 9.84 Å². The van der Waals surface area contributed by atoms with Crippen molar-refractivity contribution in [3.63, 3.8) is 0 Å². The molecule has 7 atom stereocenters. The molecule has 5 aliphatic carbocycles. The number of ketones is 2. The van der Waals surface area contributed by atoms with Crippen LogP contribution in [0.4, 0.5) is 0 Å². The number of aliphatic hydroxyl groups is 1. The molecule has 1 N–H and O–H groups in total. The minimum absolute atomic E-state index is 0.0295. The molecule has 0 aromatic rings. The number of esters is 1. The van der Waals surface area contributed by atoms with Crippen molar-refractivity contribution in [3.05, 3.63) is 23.3 Å². The molecular weight excluding hydrogens is 478 g/mol. The quantitative estimate of drug-likeness (QED) is 0.482. The minimum Gasteiger partial charge on any atom is -0.465 e. The molecule has 0 aliphatic heterocycles. The topological polar surface area (TPSA) is 104 Å². The van der Waals surface area contributed by atoms with E-state index in [1.54, 1.807) is 6.08 Å². The highest BCUT2D eigenvalue weighted by atomic mass is 16.5. The van der Waals surface area contributed by atoms with Gasteiger partial charge in [-0.1, -0.05) is 53.2 Å². The van der Waals surface area contributed by atoms with Crippen LogP contribution in [0.25, 0.3) is 0 Å². The first-order chi connectivity index (χ1) is 17.5. The second-order valence-electron chi connectivity index (χ2n) is 14.9. The first-order valence-electron chi connectivity index (χ1n) is 14.3. The maximum atomic E-state index is 14.3. The monoisotopic (exact) mass is 521 g/mol. The SMILES string of the molecule is CC(=O)OCC12CCC3C4(C)CCC5C(C)(C)C(=O)C(C#N)=CC5(C)C4=CC(=O)C3(O)C1CC(C)(C)CC2. The number of nitriles is 1. The van der Waals surface area contributed by atoms with E-state index in [4.69, 9.17) is 4.74 Å². The van der Waals surface area contributed by atoms with Gasteiger partial charge in [0.2, 0.25) is 0 Å². The van der Waals surface area contributed by atoms with E-state index < -0.39 is 27.3 Å². The van der Waals surface area contributed by atoms with Gasteiger partial charge in [-0.05, 0) is 67.8 Å². The fourth-order valence-electron chi connectivity index (χ4n) is 9.94. The van der Waals surface area contributed by atoms with E-state index >= 15 is 0 Å². The molecular formula is C32H43NO5. The van der Waals surface area contributed by atoms with E-state index in [9.17, 15) is 24.8 Å². The molecule has 0 amide bonds. The van der Waals surface area contributed by atoms with Crippen molar-refractivity contribution in [3.8, 4) is 6.07 Å². The van der Waals surface area contributed by atoms with Crippen LogP contribution in [0.5, 0.6) is 0 Å². The van der Waals surface area contributed by atoms with Crippen molar-refractivity contribution >= 4 is 17.5 Å². The molecule has 5 aliphatic rings. The fourth-order valence-corrected chi connectivity index (χ4v) is 9.94. The van der Waals surface area contributed by atoms with Crippen LogP contribution in [0, 0.1) is 56.2 Å². The molecule has 0 radical (unpaired) electrons. The van der Waals surface area contributed by atoms with Crippen LogP contribution >= 0.6 is 0 Å². The van der Waals surface area contributed by atoms with Gasteiger partial charge in [0, 0.05) is 35.0 Å². The molecule has 0 aromatic carbocycles. The molecule has 0 heterocycles. The molecule has 3 fully saturated rings. The number of carbonyl (C=O) groups is 3. The highest BCUT2D eigenvalue weighted by Crippen LogP contribution is 2.71. The smallest absolute Gasteiger partial charge is 0.302 e. The number of allylic oxidation sites excluding steroid dienone is 3. The predicted molar refractivity (Wildman–Crippen MR) is 142 cm³/mol. The largest absolute Gasteiger partial charge is 0.465 e. The molecule has 3 saturated carbocycles. The highest BCUT2D eigenvalue weighted by molar-refractivity contribution is 6.05. The standard InChI is InChI=1S/C32H43NO5/c1-19(34)38-18-31-11-9-22-29(6)10-8-21-28(4,5)26(36)20(17-33)15-30(21,7)23(29)14-25(35)32(22,37)24(31)16-27(2,3)12-13-31/h14-15,21-22,24,37H,8-13,16,18H2,1-7H3. The lowest BCUT2D eigenvalue weighted by molar-refractivity contribution is -0.219. The second kappa shape index (κ2) is 8.13. The Morgan fingerprint density at radius 3 is 2.32 bits per heavy atom. The van der Waals surface area contributed by atoms with Crippen LogP contribution in [-0.4, -0.2) is 34.9 Å². The maximum Gasteiger partial charge on any atom is 0.302 e. The first kappa shape index (κ1) is 27.3. The van der Waals surface area contributed by atoms with E-state index in [1.807, 2.05) is 19.9 Å².